The van der Waals surface area contributed by atoms with Gasteiger partial charge in [-0.2, -0.15) is 0 Å². The third-order valence-electron chi connectivity index (χ3n) is 1.74. The second kappa shape index (κ2) is 3.43. The van der Waals surface area contributed by atoms with Crippen LogP contribution in [0.3, 0.4) is 0 Å². The molecule has 70 valence electrons. The van der Waals surface area contributed by atoms with E-state index in [1.54, 1.807) is 6.92 Å². The summed E-state index contributed by atoms with van der Waals surface area (Å²) >= 11 is 0. The first kappa shape index (κ1) is 9.51. The van der Waals surface area contributed by atoms with Gasteiger partial charge in [0.15, 0.2) is 23.6 Å². The number of aldehydes is 1. The minimum Gasteiger partial charge on any atom is -0.504 e. The number of phenolic OH excluding ortho intramolecular Hbond substituents is 1. The number of halogens is 1. The van der Waals surface area contributed by atoms with Crippen LogP contribution in [-0.4, -0.2) is 18.5 Å². The maximum absolute atomic E-state index is 13.2. The zero-order chi connectivity index (χ0) is 10.0. The van der Waals surface area contributed by atoms with Crippen molar-refractivity contribution in [3.8, 4) is 11.5 Å². The topological polar surface area (TPSA) is 46.5 Å². The van der Waals surface area contributed by atoms with Crippen molar-refractivity contribution in [2.24, 2.45) is 0 Å². The number of ether oxygens (including phenoxy) is 1. The fourth-order valence-corrected chi connectivity index (χ4v) is 1.05. The lowest BCUT2D eigenvalue weighted by Gasteiger charge is -2.08. The summed E-state index contributed by atoms with van der Waals surface area (Å²) in [5, 5.41) is 9.32. The predicted molar refractivity (Wildman–Crippen MR) is 44.7 cm³/mol. The minimum absolute atomic E-state index is 0.118. The Kier molecular flexibility index (Phi) is 2.51. The summed E-state index contributed by atoms with van der Waals surface area (Å²) in [6, 6.07) is 1.26. The molecular weight excluding hydrogens is 175 g/mol. The molecule has 0 aliphatic carbocycles. The maximum Gasteiger partial charge on any atom is 0.197 e. The molecular formula is C9H9FO3. The third-order valence-corrected chi connectivity index (χ3v) is 1.74. The minimum atomic E-state index is -0.833. The molecule has 0 spiro atoms. The van der Waals surface area contributed by atoms with Crippen molar-refractivity contribution in [1.82, 2.24) is 0 Å². The molecule has 0 aromatic heterocycles. The molecule has 0 bridgehead atoms. The highest BCUT2D eigenvalue weighted by atomic mass is 19.1. The summed E-state index contributed by atoms with van der Waals surface area (Å²) in [5.41, 5.74) is 0.285. The number of aryl methyl sites for hydroxylation is 1. The number of hydrogen-bond acceptors (Lipinski definition) is 3. The van der Waals surface area contributed by atoms with E-state index in [-0.39, 0.29) is 17.1 Å². The molecule has 1 rings (SSSR count). The van der Waals surface area contributed by atoms with Crippen LogP contribution in [0.2, 0.25) is 0 Å². The largest absolute Gasteiger partial charge is 0.504 e. The molecule has 0 saturated heterocycles. The molecule has 3 nitrogen and oxygen atoms in total. The molecule has 0 heterocycles. The molecule has 0 radical (unpaired) electrons. The Bertz CT molecular complexity index is 347. The van der Waals surface area contributed by atoms with E-state index in [4.69, 9.17) is 0 Å². The highest BCUT2D eigenvalue weighted by molar-refractivity contribution is 5.78. The second-order valence-corrected chi connectivity index (χ2v) is 2.60. The van der Waals surface area contributed by atoms with E-state index in [0.717, 1.165) is 0 Å². The number of phenols is 1. The highest BCUT2D eigenvalue weighted by Crippen LogP contribution is 2.33. The van der Waals surface area contributed by atoms with Gasteiger partial charge in [-0.3, -0.25) is 4.79 Å². The number of benzene rings is 1. The molecule has 13 heavy (non-hydrogen) atoms. The Morgan fingerprint density at radius 1 is 1.62 bits per heavy atom. The Morgan fingerprint density at radius 3 is 2.69 bits per heavy atom. The smallest absolute Gasteiger partial charge is 0.197 e. The standard InChI is InChI=1S/C9H9FO3/c1-5-3-6(4-11)7(10)9(13-2)8(5)12/h3-4,12H,1-2H3. The molecule has 0 saturated carbocycles. The molecule has 0 unspecified atom stereocenters. The molecule has 1 N–H and O–H groups in total. The Labute approximate surface area is 74.8 Å². The SMILES string of the molecule is COc1c(O)c(C)cc(C=O)c1F. The van der Waals surface area contributed by atoms with Crippen molar-refractivity contribution in [2.75, 3.05) is 7.11 Å². The molecule has 0 fully saturated rings. The highest BCUT2D eigenvalue weighted by Gasteiger charge is 2.15. The molecule has 0 amide bonds. The first-order valence-electron chi connectivity index (χ1n) is 3.63. The monoisotopic (exact) mass is 184 g/mol. The van der Waals surface area contributed by atoms with Gasteiger partial charge in [-0.05, 0) is 18.6 Å². The van der Waals surface area contributed by atoms with E-state index >= 15 is 0 Å². The zero-order valence-electron chi connectivity index (χ0n) is 7.30. The van der Waals surface area contributed by atoms with Crippen LogP contribution in [0.1, 0.15) is 15.9 Å². The normalized spacial score (nSPS) is 9.77. The van der Waals surface area contributed by atoms with Crippen molar-refractivity contribution >= 4 is 6.29 Å². The Balaban J connectivity index is 3.47. The van der Waals surface area contributed by atoms with Crippen LogP contribution in [0.5, 0.6) is 11.5 Å². The Morgan fingerprint density at radius 2 is 2.23 bits per heavy atom. The fourth-order valence-electron chi connectivity index (χ4n) is 1.05. The van der Waals surface area contributed by atoms with E-state index in [2.05, 4.69) is 4.74 Å². The maximum atomic E-state index is 13.2. The van der Waals surface area contributed by atoms with Crippen LogP contribution < -0.4 is 4.74 Å². The van der Waals surface area contributed by atoms with Gasteiger partial charge in [-0.15, -0.1) is 0 Å². The average molecular weight is 184 g/mol. The molecule has 0 atom stereocenters. The molecule has 4 heteroatoms. The van der Waals surface area contributed by atoms with E-state index in [1.807, 2.05) is 0 Å². The third kappa shape index (κ3) is 1.47. The summed E-state index contributed by atoms with van der Waals surface area (Å²) in [6.45, 7) is 1.56. The van der Waals surface area contributed by atoms with Crippen molar-refractivity contribution in [3.05, 3.63) is 23.0 Å². The number of rotatable bonds is 2. The van der Waals surface area contributed by atoms with Crippen LogP contribution in [0.25, 0.3) is 0 Å². The van der Waals surface area contributed by atoms with E-state index in [1.165, 1.54) is 13.2 Å². The van der Waals surface area contributed by atoms with Gasteiger partial charge in [0.1, 0.15) is 0 Å². The number of aromatic hydroxyl groups is 1. The van der Waals surface area contributed by atoms with Gasteiger partial charge < -0.3 is 9.84 Å². The second-order valence-electron chi connectivity index (χ2n) is 2.60. The quantitative estimate of drug-likeness (QED) is 0.711. The van der Waals surface area contributed by atoms with Gasteiger partial charge in [0.05, 0.1) is 12.7 Å². The van der Waals surface area contributed by atoms with Crippen molar-refractivity contribution in [1.29, 1.82) is 0 Å². The van der Waals surface area contributed by atoms with Gasteiger partial charge in [-0.1, -0.05) is 0 Å². The lowest BCUT2D eigenvalue weighted by Crippen LogP contribution is -1.96. The van der Waals surface area contributed by atoms with Crippen LogP contribution in [0.15, 0.2) is 6.07 Å². The summed E-state index contributed by atoms with van der Waals surface area (Å²) in [5.74, 6) is -1.40. The van der Waals surface area contributed by atoms with Gasteiger partial charge in [0.25, 0.3) is 0 Å². The van der Waals surface area contributed by atoms with Crippen LogP contribution in [-0.2, 0) is 0 Å². The van der Waals surface area contributed by atoms with Crippen LogP contribution in [0.4, 0.5) is 4.39 Å². The number of carbonyl (C=O) groups is 1. The van der Waals surface area contributed by atoms with Gasteiger partial charge in [0, 0.05) is 0 Å². The molecule has 1 aromatic carbocycles. The summed E-state index contributed by atoms with van der Waals surface area (Å²) in [7, 11) is 1.23. The van der Waals surface area contributed by atoms with Crippen molar-refractivity contribution < 1.29 is 19.0 Å². The summed E-state index contributed by atoms with van der Waals surface area (Å²) in [4.78, 5) is 10.4. The number of methoxy groups -OCH3 is 1. The predicted octanol–water partition coefficient (Wildman–Crippen LogP) is 1.66. The average Bonchev–Trinajstić information content (AvgIpc) is 2.12. The lowest BCUT2D eigenvalue weighted by atomic mass is 10.1. The van der Waals surface area contributed by atoms with Crippen LogP contribution in [0, 0.1) is 12.7 Å². The number of carbonyl (C=O) groups excluding carboxylic acids is 1. The zero-order valence-corrected chi connectivity index (χ0v) is 7.30. The fraction of sp³-hybridized carbons (Fsp3) is 0.222. The summed E-state index contributed by atoms with van der Waals surface area (Å²) in [6.07, 6.45) is 0.379. The van der Waals surface area contributed by atoms with E-state index < -0.39 is 5.82 Å². The van der Waals surface area contributed by atoms with E-state index in [0.29, 0.717) is 11.8 Å². The van der Waals surface area contributed by atoms with Gasteiger partial charge in [-0.25, -0.2) is 4.39 Å². The van der Waals surface area contributed by atoms with Gasteiger partial charge in [0.2, 0.25) is 0 Å². The summed E-state index contributed by atoms with van der Waals surface area (Å²) < 4.78 is 17.8. The Hall–Kier alpha value is -1.58. The van der Waals surface area contributed by atoms with Gasteiger partial charge >= 0.3 is 0 Å². The first-order valence-corrected chi connectivity index (χ1v) is 3.63. The number of hydrogen-bond donors (Lipinski definition) is 1. The molecule has 0 aliphatic heterocycles. The van der Waals surface area contributed by atoms with Crippen molar-refractivity contribution in [2.45, 2.75) is 6.92 Å². The van der Waals surface area contributed by atoms with E-state index in [9.17, 15) is 14.3 Å². The first-order chi connectivity index (χ1) is 6.11. The molecule has 0 aliphatic rings. The lowest BCUT2D eigenvalue weighted by molar-refractivity contribution is 0.111. The van der Waals surface area contributed by atoms with Crippen molar-refractivity contribution in [3.63, 3.8) is 0 Å². The van der Waals surface area contributed by atoms with Crippen LogP contribution >= 0.6 is 0 Å². The molecule has 1 aromatic rings.